The number of aromatic hydroxyl groups is 1. The number of phenols is 1. The fourth-order valence-corrected chi connectivity index (χ4v) is 1.59. The minimum Gasteiger partial charge on any atom is -0.504 e. The zero-order valence-corrected chi connectivity index (χ0v) is 10.1. The van der Waals surface area contributed by atoms with Gasteiger partial charge in [0.15, 0.2) is 16.6 Å². The summed E-state index contributed by atoms with van der Waals surface area (Å²) >= 11 is 1.25. The lowest BCUT2D eigenvalue weighted by Crippen LogP contribution is -1.84. The maximum atomic E-state index is 10.7. The van der Waals surface area contributed by atoms with E-state index < -0.39 is 0 Å². The molecule has 1 N–H and O–H groups in total. The molecule has 86 valence electrons. The molecular weight excluding hydrogens is 224 g/mol. The molecule has 0 bridgehead atoms. The zero-order chi connectivity index (χ0) is 12.0. The maximum absolute atomic E-state index is 10.7. The molecule has 3 nitrogen and oxygen atoms in total. The number of thioether (sulfide) groups is 1. The normalized spacial score (nSPS) is 10.6. The van der Waals surface area contributed by atoms with Gasteiger partial charge in [-0.2, -0.15) is 0 Å². The molecule has 4 heteroatoms. The Labute approximate surface area is 99.1 Å². The predicted molar refractivity (Wildman–Crippen MR) is 66.8 cm³/mol. The Hall–Kier alpha value is -1.42. The smallest absolute Gasteiger partial charge is 0.186 e. The Morgan fingerprint density at radius 3 is 2.88 bits per heavy atom. The molecule has 1 rings (SSSR count). The van der Waals surface area contributed by atoms with Crippen LogP contribution < -0.4 is 4.74 Å². The Kier molecular flexibility index (Phi) is 4.92. The van der Waals surface area contributed by atoms with Gasteiger partial charge in [-0.25, -0.2) is 0 Å². The molecule has 0 atom stereocenters. The quantitative estimate of drug-likeness (QED) is 0.876. The van der Waals surface area contributed by atoms with Crippen LogP contribution >= 0.6 is 11.8 Å². The topological polar surface area (TPSA) is 46.5 Å². The summed E-state index contributed by atoms with van der Waals surface area (Å²) < 4.78 is 4.93. The van der Waals surface area contributed by atoms with E-state index in [1.807, 2.05) is 18.2 Å². The fourth-order valence-electron chi connectivity index (χ4n) is 1.16. The SMILES string of the molecule is COc1ccc(C=CCSC(C)=O)cc1O. The van der Waals surface area contributed by atoms with Gasteiger partial charge < -0.3 is 9.84 Å². The van der Waals surface area contributed by atoms with Crippen molar-refractivity contribution in [3.8, 4) is 11.5 Å². The van der Waals surface area contributed by atoms with Crippen molar-refractivity contribution in [2.75, 3.05) is 12.9 Å². The van der Waals surface area contributed by atoms with E-state index in [2.05, 4.69) is 0 Å². The molecule has 0 saturated heterocycles. The van der Waals surface area contributed by atoms with Gasteiger partial charge in [0.2, 0.25) is 0 Å². The molecule has 16 heavy (non-hydrogen) atoms. The van der Waals surface area contributed by atoms with Crippen LogP contribution in [0.2, 0.25) is 0 Å². The van der Waals surface area contributed by atoms with Gasteiger partial charge in [0, 0.05) is 12.7 Å². The number of methoxy groups -OCH3 is 1. The van der Waals surface area contributed by atoms with Crippen molar-refractivity contribution >= 4 is 23.0 Å². The number of phenolic OH excluding ortho intramolecular Hbond substituents is 1. The van der Waals surface area contributed by atoms with Crippen LogP contribution in [0.25, 0.3) is 6.08 Å². The van der Waals surface area contributed by atoms with E-state index in [1.165, 1.54) is 25.8 Å². The van der Waals surface area contributed by atoms with E-state index in [1.54, 1.807) is 12.1 Å². The number of ether oxygens (including phenoxy) is 1. The first-order valence-electron chi connectivity index (χ1n) is 4.80. The summed E-state index contributed by atoms with van der Waals surface area (Å²) in [6.45, 7) is 1.54. The zero-order valence-electron chi connectivity index (χ0n) is 9.27. The molecule has 1 aromatic rings. The van der Waals surface area contributed by atoms with Crippen molar-refractivity contribution in [2.24, 2.45) is 0 Å². The van der Waals surface area contributed by atoms with Crippen LogP contribution in [0.5, 0.6) is 11.5 Å². The molecule has 0 aliphatic carbocycles. The fraction of sp³-hybridized carbons (Fsp3) is 0.250. The van der Waals surface area contributed by atoms with Crippen LogP contribution in [-0.4, -0.2) is 23.1 Å². The van der Waals surface area contributed by atoms with Gasteiger partial charge in [-0.05, 0) is 17.7 Å². The van der Waals surface area contributed by atoms with Crippen molar-refractivity contribution in [1.29, 1.82) is 0 Å². The Morgan fingerprint density at radius 2 is 2.31 bits per heavy atom. The first-order chi connectivity index (χ1) is 7.63. The van der Waals surface area contributed by atoms with Crippen LogP contribution in [0.15, 0.2) is 24.3 Å². The number of rotatable bonds is 4. The highest BCUT2D eigenvalue weighted by Crippen LogP contribution is 2.26. The summed E-state index contributed by atoms with van der Waals surface area (Å²) in [6.07, 6.45) is 3.74. The summed E-state index contributed by atoms with van der Waals surface area (Å²) in [4.78, 5) is 10.7. The Bertz CT molecular complexity index is 399. The van der Waals surface area contributed by atoms with Crippen LogP contribution in [-0.2, 0) is 4.79 Å². The van der Waals surface area contributed by atoms with Crippen LogP contribution in [0.3, 0.4) is 0 Å². The van der Waals surface area contributed by atoms with E-state index >= 15 is 0 Å². The minimum absolute atomic E-state index is 0.0993. The largest absolute Gasteiger partial charge is 0.504 e. The molecule has 0 aliphatic rings. The number of benzene rings is 1. The first kappa shape index (κ1) is 12.6. The van der Waals surface area contributed by atoms with Gasteiger partial charge >= 0.3 is 0 Å². The predicted octanol–water partition coefficient (Wildman–Crippen LogP) is 2.69. The first-order valence-corrected chi connectivity index (χ1v) is 5.79. The van der Waals surface area contributed by atoms with Crippen LogP contribution in [0, 0.1) is 0 Å². The molecule has 0 heterocycles. The summed E-state index contributed by atoms with van der Waals surface area (Å²) in [5, 5.41) is 9.62. The summed E-state index contributed by atoms with van der Waals surface area (Å²) in [6, 6.07) is 5.16. The van der Waals surface area contributed by atoms with Crippen molar-refractivity contribution in [3.63, 3.8) is 0 Å². The van der Waals surface area contributed by atoms with Crippen molar-refractivity contribution in [3.05, 3.63) is 29.8 Å². The van der Waals surface area contributed by atoms with E-state index in [0.29, 0.717) is 11.5 Å². The van der Waals surface area contributed by atoms with Gasteiger partial charge in [0.25, 0.3) is 0 Å². The molecular formula is C12H14O3S. The number of hydrogen-bond donors (Lipinski definition) is 1. The lowest BCUT2D eigenvalue weighted by atomic mass is 10.2. The number of hydrogen-bond acceptors (Lipinski definition) is 4. The van der Waals surface area contributed by atoms with Gasteiger partial charge in [-0.3, -0.25) is 4.79 Å². The third-order valence-electron chi connectivity index (χ3n) is 1.90. The highest BCUT2D eigenvalue weighted by atomic mass is 32.2. The molecule has 0 aliphatic heterocycles. The van der Waals surface area contributed by atoms with Gasteiger partial charge in [0.1, 0.15) is 0 Å². The van der Waals surface area contributed by atoms with Crippen molar-refractivity contribution in [2.45, 2.75) is 6.92 Å². The van der Waals surface area contributed by atoms with E-state index in [-0.39, 0.29) is 10.9 Å². The second-order valence-corrected chi connectivity index (χ2v) is 4.33. The summed E-state index contributed by atoms with van der Waals surface area (Å²) in [5.74, 6) is 1.21. The third-order valence-corrected chi connectivity index (χ3v) is 2.66. The monoisotopic (exact) mass is 238 g/mol. The summed E-state index contributed by atoms with van der Waals surface area (Å²) in [7, 11) is 1.51. The molecule has 0 amide bonds. The average molecular weight is 238 g/mol. The Balaban J connectivity index is 2.61. The standard InChI is InChI=1S/C12H14O3S/c1-9(13)16-7-3-4-10-5-6-12(15-2)11(14)8-10/h3-6,8,14H,7H2,1-2H3. The molecule has 1 aromatic carbocycles. The molecule has 0 spiro atoms. The maximum Gasteiger partial charge on any atom is 0.186 e. The van der Waals surface area contributed by atoms with Crippen LogP contribution in [0.4, 0.5) is 0 Å². The number of carbonyl (C=O) groups is 1. The molecule has 0 saturated carbocycles. The minimum atomic E-state index is 0.0993. The molecule has 0 fully saturated rings. The van der Waals surface area contributed by atoms with Crippen molar-refractivity contribution in [1.82, 2.24) is 0 Å². The highest BCUT2D eigenvalue weighted by Gasteiger charge is 1.99. The molecule has 0 unspecified atom stereocenters. The number of carbonyl (C=O) groups excluding carboxylic acids is 1. The van der Waals surface area contributed by atoms with Gasteiger partial charge in [-0.15, -0.1) is 0 Å². The second-order valence-electron chi connectivity index (χ2n) is 3.14. The van der Waals surface area contributed by atoms with E-state index in [9.17, 15) is 9.90 Å². The lowest BCUT2D eigenvalue weighted by Gasteiger charge is -2.03. The van der Waals surface area contributed by atoms with Gasteiger partial charge in [0.05, 0.1) is 7.11 Å². The molecule has 0 radical (unpaired) electrons. The van der Waals surface area contributed by atoms with E-state index in [0.717, 1.165) is 5.56 Å². The molecule has 0 aromatic heterocycles. The van der Waals surface area contributed by atoms with Crippen LogP contribution in [0.1, 0.15) is 12.5 Å². The summed E-state index contributed by atoms with van der Waals surface area (Å²) in [5.41, 5.74) is 0.877. The average Bonchev–Trinajstić information content (AvgIpc) is 2.24. The Morgan fingerprint density at radius 1 is 1.56 bits per heavy atom. The lowest BCUT2D eigenvalue weighted by molar-refractivity contribution is -0.109. The van der Waals surface area contributed by atoms with Crippen molar-refractivity contribution < 1.29 is 14.6 Å². The van der Waals surface area contributed by atoms with E-state index in [4.69, 9.17) is 4.74 Å². The second kappa shape index (κ2) is 6.23. The van der Waals surface area contributed by atoms with Gasteiger partial charge in [-0.1, -0.05) is 30.0 Å². The highest BCUT2D eigenvalue weighted by molar-refractivity contribution is 8.13. The third kappa shape index (κ3) is 3.98.